The van der Waals surface area contributed by atoms with E-state index in [0.717, 1.165) is 35.5 Å². The summed E-state index contributed by atoms with van der Waals surface area (Å²) in [5.41, 5.74) is 8.56. The lowest BCUT2D eigenvalue weighted by Crippen LogP contribution is -2.49. The van der Waals surface area contributed by atoms with Gasteiger partial charge in [0.05, 0.1) is 12.2 Å². The Bertz CT molecular complexity index is 803. The molecule has 0 spiro atoms. The molecule has 2 aliphatic heterocycles. The van der Waals surface area contributed by atoms with Gasteiger partial charge in [-0.2, -0.15) is 0 Å². The molecule has 24 heavy (non-hydrogen) atoms. The van der Waals surface area contributed by atoms with E-state index in [1.807, 2.05) is 12.1 Å². The zero-order chi connectivity index (χ0) is 16.7. The number of pyridine rings is 1. The van der Waals surface area contributed by atoms with Gasteiger partial charge >= 0.3 is 0 Å². The van der Waals surface area contributed by atoms with E-state index >= 15 is 0 Å². The van der Waals surface area contributed by atoms with Gasteiger partial charge < -0.3 is 5.73 Å². The first-order valence-corrected chi connectivity index (χ1v) is 8.41. The predicted octanol–water partition coefficient (Wildman–Crippen LogP) is 3.29. The fourth-order valence-electron chi connectivity index (χ4n) is 3.94. The van der Waals surface area contributed by atoms with Crippen LogP contribution in [0.5, 0.6) is 0 Å². The molecule has 0 amide bonds. The van der Waals surface area contributed by atoms with Crippen molar-refractivity contribution >= 4 is 5.84 Å². The number of halogens is 1. The molecule has 1 fully saturated rings. The van der Waals surface area contributed by atoms with Crippen molar-refractivity contribution in [3.63, 3.8) is 0 Å². The Hall–Kier alpha value is -2.27. The van der Waals surface area contributed by atoms with Crippen molar-refractivity contribution in [3.8, 4) is 11.1 Å². The highest BCUT2D eigenvalue weighted by atomic mass is 19.1. The lowest BCUT2D eigenvalue weighted by atomic mass is 9.93. The van der Waals surface area contributed by atoms with Gasteiger partial charge in [-0.1, -0.05) is 24.6 Å². The number of fused-ring (bicyclic) bond motifs is 1. The summed E-state index contributed by atoms with van der Waals surface area (Å²) in [6.07, 6.45) is 6.33. The van der Waals surface area contributed by atoms with Gasteiger partial charge in [0, 0.05) is 18.3 Å². The Kier molecular flexibility index (Phi) is 3.61. The van der Waals surface area contributed by atoms with Gasteiger partial charge in [0.25, 0.3) is 0 Å². The lowest BCUT2D eigenvalue weighted by molar-refractivity contribution is 0.0820. The maximum atomic E-state index is 13.5. The number of aliphatic imine (C=N–C) groups is 1. The third-order valence-corrected chi connectivity index (χ3v) is 5.20. The highest BCUT2D eigenvalue weighted by Gasteiger charge is 2.45. The Balaban J connectivity index is 1.76. The molecule has 2 aromatic rings. The van der Waals surface area contributed by atoms with Crippen LogP contribution in [0.15, 0.2) is 47.7 Å². The van der Waals surface area contributed by atoms with Crippen LogP contribution in [0.2, 0.25) is 0 Å². The standard InChI is InChI=1S/C19H21FN4/c1-19(23-18(21)17-7-2-3-8-24(17)19)15-6-4-5-13(9-15)14-10-16(20)12-22-11-14/h4-6,9-12,17H,2-3,7-8H2,1H3,(H2,21,23)/t17-,19+/m1/s1. The van der Waals surface area contributed by atoms with E-state index in [2.05, 4.69) is 28.9 Å². The number of nitrogens with two attached hydrogens (primary N) is 1. The summed E-state index contributed by atoms with van der Waals surface area (Å²) < 4.78 is 13.5. The fourth-order valence-corrected chi connectivity index (χ4v) is 3.94. The van der Waals surface area contributed by atoms with Crippen LogP contribution in [-0.4, -0.2) is 28.3 Å². The van der Waals surface area contributed by atoms with Crippen LogP contribution < -0.4 is 5.73 Å². The third kappa shape index (κ3) is 2.40. The van der Waals surface area contributed by atoms with Crippen molar-refractivity contribution in [2.24, 2.45) is 10.7 Å². The van der Waals surface area contributed by atoms with Crippen LogP contribution in [-0.2, 0) is 5.66 Å². The molecule has 1 aromatic heterocycles. The quantitative estimate of drug-likeness (QED) is 0.922. The molecule has 0 unspecified atom stereocenters. The maximum absolute atomic E-state index is 13.5. The number of piperidine rings is 1. The normalized spacial score (nSPS) is 26.9. The van der Waals surface area contributed by atoms with Gasteiger partial charge in [-0.05, 0) is 43.0 Å². The molecule has 4 nitrogen and oxygen atoms in total. The summed E-state index contributed by atoms with van der Waals surface area (Å²) in [5.74, 6) is 0.401. The van der Waals surface area contributed by atoms with Gasteiger partial charge in [0.2, 0.25) is 0 Å². The summed E-state index contributed by atoms with van der Waals surface area (Å²) in [6, 6.07) is 9.85. The molecular formula is C19H21FN4. The Labute approximate surface area is 141 Å². The molecular weight excluding hydrogens is 303 g/mol. The molecule has 5 heteroatoms. The summed E-state index contributed by atoms with van der Waals surface area (Å²) in [7, 11) is 0. The van der Waals surface area contributed by atoms with Crippen molar-refractivity contribution in [2.75, 3.05) is 6.54 Å². The molecule has 4 rings (SSSR count). The largest absolute Gasteiger partial charge is 0.386 e. The lowest BCUT2D eigenvalue weighted by Gasteiger charge is -2.39. The molecule has 1 aromatic carbocycles. The number of hydrogen-bond acceptors (Lipinski definition) is 4. The Morgan fingerprint density at radius 1 is 1.21 bits per heavy atom. The molecule has 2 aliphatic rings. The summed E-state index contributed by atoms with van der Waals surface area (Å²) >= 11 is 0. The van der Waals surface area contributed by atoms with E-state index in [0.29, 0.717) is 0 Å². The molecule has 0 radical (unpaired) electrons. The van der Waals surface area contributed by atoms with E-state index in [1.54, 1.807) is 6.20 Å². The molecule has 2 N–H and O–H groups in total. The average molecular weight is 324 g/mol. The topological polar surface area (TPSA) is 54.5 Å². The third-order valence-electron chi connectivity index (χ3n) is 5.20. The van der Waals surface area contributed by atoms with Gasteiger partial charge in [-0.25, -0.2) is 9.38 Å². The Morgan fingerprint density at radius 3 is 2.92 bits per heavy atom. The molecule has 124 valence electrons. The van der Waals surface area contributed by atoms with Crippen molar-refractivity contribution < 1.29 is 4.39 Å². The minimum Gasteiger partial charge on any atom is -0.386 e. The van der Waals surface area contributed by atoms with Gasteiger partial charge in [-0.15, -0.1) is 0 Å². The zero-order valence-corrected chi connectivity index (χ0v) is 13.7. The van der Waals surface area contributed by atoms with Crippen LogP contribution in [0.25, 0.3) is 11.1 Å². The van der Waals surface area contributed by atoms with E-state index in [9.17, 15) is 4.39 Å². The van der Waals surface area contributed by atoms with Crippen molar-refractivity contribution in [3.05, 3.63) is 54.1 Å². The van der Waals surface area contributed by atoms with Gasteiger partial charge in [-0.3, -0.25) is 9.88 Å². The van der Waals surface area contributed by atoms with E-state index < -0.39 is 5.66 Å². The molecule has 2 atom stereocenters. The number of nitrogens with zero attached hydrogens (tertiary/aromatic N) is 3. The number of hydrogen-bond donors (Lipinski definition) is 1. The highest BCUT2D eigenvalue weighted by Crippen LogP contribution is 2.40. The van der Waals surface area contributed by atoms with E-state index in [-0.39, 0.29) is 11.9 Å². The molecule has 1 saturated heterocycles. The van der Waals surface area contributed by atoms with Crippen LogP contribution in [0.4, 0.5) is 4.39 Å². The smallest absolute Gasteiger partial charge is 0.142 e. The molecule has 0 bridgehead atoms. The first-order chi connectivity index (χ1) is 11.6. The van der Waals surface area contributed by atoms with Crippen molar-refractivity contribution in [2.45, 2.75) is 37.9 Å². The SMILES string of the molecule is C[C@]1(c2cccc(-c3cncc(F)c3)c2)N=C(N)[C@H]2CCCCN21. The van der Waals surface area contributed by atoms with Gasteiger partial charge in [0.1, 0.15) is 17.3 Å². The van der Waals surface area contributed by atoms with Crippen LogP contribution in [0.3, 0.4) is 0 Å². The minimum atomic E-state index is -0.452. The second kappa shape index (κ2) is 5.67. The number of amidine groups is 1. The summed E-state index contributed by atoms with van der Waals surface area (Å²) in [4.78, 5) is 11.2. The van der Waals surface area contributed by atoms with Gasteiger partial charge in [0.15, 0.2) is 0 Å². The molecule has 0 aliphatic carbocycles. The van der Waals surface area contributed by atoms with Crippen molar-refractivity contribution in [1.82, 2.24) is 9.88 Å². The first-order valence-electron chi connectivity index (χ1n) is 8.41. The first kappa shape index (κ1) is 15.3. The number of benzene rings is 1. The summed E-state index contributed by atoms with van der Waals surface area (Å²) in [5, 5.41) is 0. The predicted molar refractivity (Wildman–Crippen MR) is 93.0 cm³/mol. The Morgan fingerprint density at radius 2 is 2.08 bits per heavy atom. The second-order valence-electron chi connectivity index (χ2n) is 6.74. The highest BCUT2D eigenvalue weighted by molar-refractivity contribution is 5.88. The van der Waals surface area contributed by atoms with E-state index in [1.165, 1.54) is 25.1 Å². The molecule has 3 heterocycles. The second-order valence-corrected chi connectivity index (χ2v) is 6.74. The summed E-state index contributed by atoms with van der Waals surface area (Å²) in [6.45, 7) is 3.12. The van der Waals surface area contributed by atoms with E-state index in [4.69, 9.17) is 10.7 Å². The fraction of sp³-hybridized carbons (Fsp3) is 0.368. The van der Waals surface area contributed by atoms with Crippen LogP contribution >= 0.6 is 0 Å². The van der Waals surface area contributed by atoms with Crippen molar-refractivity contribution in [1.29, 1.82) is 0 Å². The average Bonchev–Trinajstić information content (AvgIpc) is 2.88. The minimum absolute atomic E-state index is 0.239. The molecule has 0 saturated carbocycles. The zero-order valence-electron chi connectivity index (χ0n) is 13.7. The van der Waals surface area contributed by atoms with Crippen LogP contribution in [0.1, 0.15) is 31.7 Å². The maximum Gasteiger partial charge on any atom is 0.142 e. The number of aromatic nitrogens is 1. The number of rotatable bonds is 2. The monoisotopic (exact) mass is 324 g/mol. The van der Waals surface area contributed by atoms with Crippen LogP contribution in [0, 0.1) is 5.82 Å².